The maximum absolute atomic E-state index is 12.7. The van der Waals surface area contributed by atoms with E-state index in [9.17, 15) is 18.3 Å². The first-order valence-electron chi connectivity index (χ1n) is 9.56. The van der Waals surface area contributed by atoms with Crippen molar-refractivity contribution in [3.63, 3.8) is 0 Å². The lowest BCUT2D eigenvalue weighted by atomic mass is 10.1. The smallest absolute Gasteiger partial charge is 0.271 e. The lowest BCUT2D eigenvalue weighted by Crippen LogP contribution is -2.36. The van der Waals surface area contributed by atoms with Gasteiger partial charge in [0.25, 0.3) is 10.0 Å². The molecule has 2 aromatic carbocycles. The van der Waals surface area contributed by atoms with E-state index in [-0.39, 0.29) is 29.7 Å². The number of thiophene rings is 1. The van der Waals surface area contributed by atoms with E-state index in [4.69, 9.17) is 0 Å². The van der Waals surface area contributed by atoms with Crippen LogP contribution in [0.25, 0.3) is 0 Å². The van der Waals surface area contributed by atoms with Crippen LogP contribution in [0.2, 0.25) is 0 Å². The highest BCUT2D eigenvalue weighted by atomic mass is 32.2. The highest BCUT2D eigenvalue weighted by Crippen LogP contribution is 2.20. The number of hydrogen-bond acceptors (Lipinski definition) is 5. The number of carbonyl (C=O) groups excluding carboxylic acids is 1. The van der Waals surface area contributed by atoms with Gasteiger partial charge in [-0.3, -0.25) is 9.52 Å². The van der Waals surface area contributed by atoms with Crippen molar-refractivity contribution in [3.8, 4) is 0 Å². The van der Waals surface area contributed by atoms with E-state index in [2.05, 4.69) is 4.72 Å². The molecule has 158 valence electrons. The summed E-state index contributed by atoms with van der Waals surface area (Å²) >= 11 is 1.15. The predicted octanol–water partition coefficient (Wildman–Crippen LogP) is 3.16. The molecule has 6 nitrogen and oxygen atoms in total. The number of hydrogen-bond donors (Lipinski definition) is 2. The molecule has 0 unspecified atom stereocenters. The summed E-state index contributed by atoms with van der Waals surface area (Å²) in [5.41, 5.74) is 2.35. The SMILES string of the molecule is O=C(Cc1ccc(NS(=O)(=O)c2cccs2)cc1)N(CCO)CCc1ccccc1. The molecule has 0 radical (unpaired) electrons. The molecule has 0 aliphatic rings. The van der Waals surface area contributed by atoms with Crippen molar-refractivity contribution in [3.05, 3.63) is 83.2 Å². The summed E-state index contributed by atoms with van der Waals surface area (Å²) in [6.45, 7) is 0.719. The van der Waals surface area contributed by atoms with E-state index in [1.54, 1.807) is 46.7 Å². The minimum absolute atomic E-state index is 0.0769. The van der Waals surface area contributed by atoms with Crippen molar-refractivity contribution >= 4 is 33.0 Å². The summed E-state index contributed by atoms with van der Waals surface area (Å²) in [5.74, 6) is -0.0769. The number of amides is 1. The summed E-state index contributed by atoms with van der Waals surface area (Å²) in [5, 5.41) is 11.0. The number of aliphatic hydroxyl groups excluding tert-OH is 1. The van der Waals surface area contributed by atoms with Crippen LogP contribution in [0.1, 0.15) is 11.1 Å². The number of sulfonamides is 1. The van der Waals surface area contributed by atoms with Crippen LogP contribution in [0.15, 0.2) is 76.3 Å². The Balaban J connectivity index is 1.59. The first-order chi connectivity index (χ1) is 14.5. The second-order valence-corrected chi connectivity index (χ2v) is 9.61. The van der Waals surface area contributed by atoms with Crippen LogP contribution in [0.4, 0.5) is 5.69 Å². The maximum Gasteiger partial charge on any atom is 0.271 e. The van der Waals surface area contributed by atoms with Crippen LogP contribution >= 0.6 is 11.3 Å². The van der Waals surface area contributed by atoms with E-state index in [0.717, 1.165) is 28.9 Å². The van der Waals surface area contributed by atoms with Crippen molar-refractivity contribution < 1.29 is 18.3 Å². The molecule has 1 heterocycles. The van der Waals surface area contributed by atoms with Crippen LogP contribution in [-0.4, -0.2) is 44.0 Å². The minimum atomic E-state index is -3.59. The molecule has 3 aromatic rings. The zero-order chi connectivity index (χ0) is 21.4. The Labute approximate surface area is 180 Å². The third-order valence-corrected chi connectivity index (χ3v) is 7.34. The Morgan fingerprint density at radius 2 is 1.67 bits per heavy atom. The fourth-order valence-electron chi connectivity index (χ4n) is 2.99. The number of carbonyl (C=O) groups is 1. The van der Waals surface area contributed by atoms with Crippen molar-refractivity contribution in [2.75, 3.05) is 24.4 Å². The van der Waals surface area contributed by atoms with E-state index in [0.29, 0.717) is 12.2 Å². The number of rotatable bonds is 10. The number of aliphatic hydroxyl groups is 1. The lowest BCUT2D eigenvalue weighted by Gasteiger charge is -2.22. The average Bonchev–Trinajstić information content (AvgIpc) is 3.29. The molecule has 1 amide bonds. The monoisotopic (exact) mass is 444 g/mol. The van der Waals surface area contributed by atoms with Gasteiger partial charge >= 0.3 is 0 Å². The second-order valence-electron chi connectivity index (χ2n) is 6.75. The Bertz CT molecular complexity index is 1030. The summed E-state index contributed by atoms with van der Waals surface area (Å²) < 4.78 is 27.4. The van der Waals surface area contributed by atoms with Crippen LogP contribution in [0.5, 0.6) is 0 Å². The lowest BCUT2D eigenvalue weighted by molar-refractivity contribution is -0.131. The number of nitrogens with zero attached hydrogens (tertiary/aromatic N) is 1. The molecule has 0 bridgehead atoms. The van der Waals surface area contributed by atoms with E-state index < -0.39 is 10.0 Å². The molecular weight excluding hydrogens is 420 g/mol. The Morgan fingerprint density at radius 1 is 0.933 bits per heavy atom. The van der Waals surface area contributed by atoms with Gasteiger partial charge in [-0.25, -0.2) is 8.42 Å². The first kappa shape index (κ1) is 22.0. The number of anilines is 1. The molecule has 0 saturated carbocycles. The standard InChI is InChI=1S/C22H24N2O4S2/c25-15-14-24(13-12-18-5-2-1-3-6-18)21(26)17-19-8-10-20(11-9-19)23-30(27,28)22-7-4-16-29-22/h1-11,16,23,25H,12-15,17H2. The molecule has 0 aliphatic heterocycles. The molecule has 1 aromatic heterocycles. The molecule has 0 saturated heterocycles. The molecule has 3 rings (SSSR count). The summed E-state index contributed by atoms with van der Waals surface area (Å²) in [7, 11) is -3.59. The third kappa shape index (κ3) is 6.16. The van der Waals surface area contributed by atoms with Crippen molar-refractivity contribution in [1.82, 2.24) is 4.90 Å². The molecule has 8 heteroatoms. The quantitative estimate of drug-likeness (QED) is 0.503. The van der Waals surface area contributed by atoms with Gasteiger partial charge in [-0.1, -0.05) is 48.5 Å². The topological polar surface area (TPSA) is 86.7 Å². The largest absolute Gasteiger partial charge is 0.395 e. The van der Waals surface area contributed by atoms with E-state index >= 15 is 0 Å². The molecule has 0 aliphatic carbocycles. The van der Waals surface area contributed by atoms with Gasteiger partial charge in [0.15, 0.2) is 0 Å². The van der Waals surface area contributed by atoms with Gasteiger partial charge in [0.2, 0.25) is 5.91 Å². The molecular formula is C22H24N2O4S2. The summed E-state index contributed by atoms with van der Waals surface area (Å²) in [6.07, 6.45) is 0.906. The summed E-state index contributed by atoms with van der Waals surface area (Å²) in [6, 6.07) is 19.9. The predicted molar refractivity (Wildman–Crippen MR) is 119 cm³/mol. The Hall–Kier alpha value is -2.68. The summed E-state index contributed by atoms with van der Waals surface area (Å²) in [4.78, 5) is 14.4. The van der Waals surface area contributed by atoms with E-state index in [1.165, 1.54) is 0 Å². The molecule has 30 heavy (non-hydrogen) atoms. The molecule has 0 atom stereocenters. The number of benzene rings is 2. The van der Waals surface area contributed by atoms with Crippen molar-refractivity contribution in [1.29, 1.82) is 0 Å². The highest BCUT2D eigenvalue weighted by Gasteiger charge is 2.16. The van der Waals surface area contributed by atoms with Gasteiger partial charge in [-0.2, -0.15) is 0 Å². The first-order valence-corrected chi connectivity index (χ1v) is 11.9. The van der Waals surface area contributed by atoms with Crippen LogP contribution in [-0.2, 0) is 27.7 Å². The fourth-order valence-corrected chi connectivity index (χ4v) is 5.04. The number of nitrogens with one attached hydrogen (secondary N) is 1. The fraction of sp³-hybridized carbons (Fsp3) is 0.227. The van der Waals surface area contributed by atoms with Crippen LogP contribution < -0.4 is 4.72 Å². The van der Waals surface area contributed by atoms with Crippen molar-refractivity contribution in [2.45, 2.75) is 17.1 Å². The average molecular weight is 445 g/mol. The maximum atomic E-state index is 12.7. The zero-order valence-corrected chi connectivity index (χ0v) is 18.0. The van der Waals surface area contributed by atoms with Gasteiger partial charge in [0.05, 0.1) is 13.0 Å². The second kappa shape index (κ2) is 10.4. The van der Waals surface area contributed by atoms with Crippen LogP contribution in [0, 0.1) is 0 Å². The minimum Gasteiger partial charge on any atom is -0.395 e. The van der Waals surface area contributed by atoms with Crippen molar-refractivity contribution in [2.24, 2.45) is 0 Å². The van der Waals surface area contributed by atoms with Gasteiger partial charge in [0, 0.05) is 18.8 Å². The molecule has 2 N–H and O–H groups in total. The Kier molecular flexibility index (Phi) is 7.62. The van der Waals surface area contributed by atoms with Crippen LogP contribution in [0.3, 0.4) is 0 Å². The van der Waals surface area contributed by atoms with Gasteiger partial charge in [0.1, 0.15) is 4.21 Å². The highest BCUT2D eigenvalue weighted by molar-refractivity contribution is 7.94. The Morgan fingerprint density at radius 3 is 2.30 bits per heavy atom. The normalized spacial score (nSPS) is 11.2. The van der Waals surface area contributed by atoms with E-state index in [1.807, 2.05) is 30.3 Å². The third-order valence-electron chi connectivity index (χ3n) is 4.56. The van der Waals surface area contributed by atoms with Gasteiger partial charge < -0.3 is 10.0 Å². The zero-order valence-electron chi connectivity index (χ0n) is 16.4. The van der Waals surface area contributed by atoms with Gasteiger partial charge in [-0.05, 0) is 41.1 Å². The molecule has 0 spiro atoms. The van der Waals surface area contributed by atoms with Gasteiger partial charge in [-0.15, -0.1) is 11.3 Å². The molecule has 0 fully saturated rings.